The molecule has 0 unspecified atom stereocenters. The summed E-state index contributed by atoms with van der Waals surface area (Å²) in [5.74, 6) is 0.207. The second kappa shape index (κ2) is 7.99. The number of halogens is 2. The number of nitrogens with zero attached hydrogens (tertiary/aromatic N) is 1. The summed E-state index contributed by atoms with van der Waals surface area (Å²) in [5.41, 5.74) is 3.68. The molecule has 0 fully saturated rings. The van der Waals surface area contributed by atoms with Crippen LogP contribution in [0.1, 0.15) is 11.1 Å². The molecule has 2 aromatic carbocycles. The fourth-order valence-corrected chi connectivity index (χ4v) is 2.19. The zero-order valence-corrected chi connectivity index (χ0v) is 14.6. The van der Waals surface area contributed by atoms with Crippen molar-refractivity contribution in [1.29, 1.82) is 0 Å². The van der Waals surface area contributed by atoms with Crippen molar-refractivity contribution < 1.29 is 14.6 Å². The predicted octanol–water partition coefficient (Wildman–Crippen LogP) is 3.65. The normalized spacial score (nSPS) is 10.7. The molecule has 0 heterocycles. The number of carbonyl (C=O) groups is 1. The third kappa shape index (κ3) is 5.26. The van der Waals surface area contributed by atoms with E-state index in [-0.39, 0.29) is 12.4 Å². The minimum atomic E-state index is -0.414. The molecule has 7 heteroatoms. The molecule has 2 N–H and O–H groups in total. The molecule has 120 valence electrons. The number of benzene rings is 2. The van der Waals surface area contributed by atoms with E-state index >= 15 is 0 Å². The number of amides is 1. The second-order valence-electron chi connectivity index (χ2n) is 4.70. The summed E-state index contributed by atoms with van der Waals surface area (Å²) in [6, 6.07) is 10.0. The van der Waals surface area contributed by atoms with Gasteiger partial charge in [-0.05, 0) is 48.9 Å². The summed E-state index contributed by atoms with van der Waals surface area (Å²) in [6.07, 6.45) is 1.35. The highest BCUT2D eigenvalue weighted by Crippen LogP contribution is 2.21. The van der Waals surface area contributed by atoms with Crippen molar-refractivity contribution in [1.82, 2.24) is 5.43 Å². The number of hydrogen-bond donors (Lipinski definition) is 2. The van der Waals surface area contributed by atoms with Crippen molar-refractivity contribution in [2.45, 2.75) is 6.92 Å². The van der Waals surface area contributed by atoms with Crippen LogP contribution < -0.4 is 10.2 Å². The molecule has 0 radical (unpaired) electrons. The van der Waals surface area contributed by atoms with Crippen LogP contribution in [-0.2, 0) is 4.79 Å². The van der Waals surface area contributed by atoms with Gasteiger partial charge in [0.05, 0.1) is 6.21 Å². The second-order valence-corrected chi connectivity index (χ2v) is 6.02. The van der Waals surface area contributed by atoms with Crippen molar-refractivity contribution in [3.63, 3.8) is 0 Å². The molecular weight excluding hydrogens is 384 g/mol. The lowest BCUT2D eigenvalue weighted by atomic mass is 10.2. The Morgan fingerprint density at radius 1 is 1.39 bits per heavy atom. The van der Waals surface area contributed by atoms with Crippen LogP contribution in [0.15, 0.2) is 46.0 Å². The van der Waals surface area contributed by atoms with Gasteiger partial charge in [0.2, 0.25) is 0 Å². The Morgan fingerprint density at radius 2 is 2.17 bits per heavy atom. The number of phenols is 1. The zero-order valence-electron chi connectivity index (χ0n) is 12.2. The smallest absolute Gasteiger partial charge is 0.277 e. The number of hydrogen-bond acceptors (Lipinski definition) is 4. The van der Waals surface area contributed by atoms with Gasteiger partial charge in [-0.15, -0.1) is 0 Å². The lowest BCUT2D eigenvalue weighted by Crippen LogP contribution is -2.24. The number of ether oxygens (including phenoxy) is 1. The quantitative estimate of drug-likeness (QED) is 0.598. The molecule has 0 bridgehead atoms. The van der Waals surface area contributed by atoms with Crippen LogP contribution >= 0.6 is 27.5 Å². The average Bonchev–Trinajstić information content (AvgIpc) is 2.52. The summed E-state index contributed by atoms with van der Waals surface area (Å²) < 4.78 is 6.14. The van der Waals surface area contributed by atoms with E-state index in [1.807, 2.05) is 6.92 Å². The molecule has 0 saturated heterocycles. The van der Waals surface area contributed by atoms with E-state index in [1.54, 1.807) is 30.3 Å². The Morgan fingerprint density at radius 3 is 2.91 bits per heavy atom. The highest BCUT2D eigenvalue weighted by Gasteiger charge is 2.04. The SMILES string of the molecule is Cc1cc(OCC(=O)N/N=C/c2cc(Br)ccc2O)ccc1Cl. The number of aromatic hydroxyl groups is 1. The Hall–Kier alpha value is -2.05. The van der Waals surface area contributed by atoms with E-state index in [9.17, 15) is 9.90 Å². The lowest BCUT2D eigenvalue weighted by Gasteiger charge is -2.06. The zero-order chi connectivity index (χ0) is 16.8. The molecule has 0 aliphatic heterocycles. The Labute approximate surface area is 147 Å². The van der Waals surface area contributed by atoms with Gasteiger partial charge in [0.1, 0.15) is 11.5 Å². The highest BCUT2D eigenvalue weighted by atomic mass is 79.9. The van der Waals surface area contributed by atoms with Gasteiger partial charge in [-0.3, -0.25) is 4.79 Å². The Balaban J connectivity index is 1.86. The van der Waals surface area contributed by atoms with E-state index in [1.165, 1.54) is 12.3 Å². The number of phenolic OH excluding ortho intramolecular Hbond substituents is 1. The molecule has 0 saturated carbocycles. The molecule has 23 heavy (non-hydrogen) atoms. The molecule has 0 aromatic heterocycles. The number of hydrazone groups is 1. The van der Waals surface area contributed by atoms with Gasteiger partial charge in [0, 0.05) is 15.1 Å². The van der Waals surface area contributed by atoms with Gasteiger partial charge in [-0.2, -0.15) is 5.10 Å². The molecule has 0 aliphatic rings. The minimum Gasteiger partial charge on any atom is -0.507 e. The highest BCUT2D eigenvalue weighted by molar-refractivity contribution is 9.10. The van der Waals surface area contributed by atoms with E-state index in [4.69, 9.17) is 16.3 Å². The van der Waals surface area contributed by atoms with Crippen LogP contribution in [0.25, 0.3) is 0 Å². The van der Waals surface area contributed by atoms with E-state index in [0.717, 1.165) is 10.0 Å². The summed E-state index contributed by atoms with van der Waals surface area (Å²) in [7, 11) is 0. The fraction of sp³-hybridized carbons (Fsp3) is 0.125. The maximum atomic E-state index is 11.7. The van der Waals surface area contributed by atoms with Crippen LogP contribution in [0.5, 0.6) is 11.5 Å². The Kier molecular flexibility index (Phi) is 6.01. The maximum absolute atomic E-state index is 11.7. The van der Waals surface area contributed by atoms with Crippen molar-refractivity contribution >= 4 is 39.7 Å². The topological polar surface area (TPSA) is 70.9 Å². The first kappa shape index (κ1) is 17.3. The van der Waals surface area contributed by atoms with Crippen LogP contribution in [0.3, 0.4) is 0 Å². The summed E-state index contributed by atoms with van der Waals surface area (Å²) in [5, 5.41) is 14.1. The van der Waals surface area contributed by atoms with Crippen molar-refractivity contribution in [3.05, 3.63) is 57.0 Å². The molecule has 1 amide bonds. The third-order valence-electron chi connectivity index (χ3n) is 2.88. The van der Waals surface area contributed by atoms with Crippen LogP contribution in [0.4, 0.5) is 0 Å². The summed E-state index contributed by atoms with van der Waals surface area (Å²) >= 11 is 9.21. The number of nitrogens with one attached hydrogen (secondary N) is 1. The first-order valence-corrected chi connectivity index (χ1v) is 7.82. The maximum Gasteiger partial charge on any atom is 0.277 e. The summed E-state index contributed by atoms with van der Waals surface area (Å²) in [6.45, 7) is 1.67. The molecule has 0 atom stereocenters. The molecule has 0 aliphatic carbocycles. The summed E-state index contributed by atoms with van der Waals surface area (Å²) in [4.78, 5) is 11.7. The molecule has 2 aromatic rings. The van der Waals surface area contributed by atoms with Gasteiger partial charge >= 0.3 is 0 Å². The Bertz CT molecular complexity index is 750. The van der Waals surface area contributed by atoms with Crippen LogP contribution in [-0.4, -0.2) is 23.8 Å². The third-order valence-corrected chi connectivity index (χ3v) is 3.80. The van der Waals surface area contributed by atoms with Crippen molar-refractivity contribution in [2.75, 3.05) is 6.61 Å². The van der Waals surface area contributed by atoms with Gasteiger partial charge in [-0.1, -0.05) is 27.5 Å². The first-order valence-electron chi connectivity index (χ1n) is 6.65. The van der Waals surface area contributed by atoms with Crippen molar-refractivity contribution in [2.24, 2.45) is 5.10 Å². The van der Waals surface area contributed by atoms with E-state index < -0.39 is 5.91 Å². The van der Waals surface area contributed by atoms with E-state index in [2.05, 4.69) is 26.5 Å². The molecule has 0 spiro atoms. The minimum absolute atomic E-state index is 0.0686. The number of carbonyl (C=O) groups excluding carboxylic acids is 1. The average molecular weight is 398 g/mol. The predicted molar refractivity (Wildman–Crippen MR) is 93.2 cm³/mol. The fourth-order valence-electron chi connectivity index (χ4n) is 1.69. The van der Waals surface area contributed by atoms with Crippen LogP contribution in [0, 0.1) is 6.92 Å². The van der Waals surface area contributed by atoms with Gasteiger partial charge in [-0.25, -0.2) is 5.43 Å². The first-order chi connectivity index (χ1) is 11.0. The van der Waals surface area contributed by atoms with Gasteiger partial charge in [0.25, 0.3) is 5.91 Å². The van der Waals surface area contributed by atoms with Gasteiger partial charge < -0.3 is 9.84 Å². The molecule has 2 rings (SSSR count). The number of rotatable bonds is 5. The lowest BCUT2D eigenvalue weighted by molar-refractivity contribution is -0.123. The largest absolute Gasteiger partial charge is 0.507 e. The number of aryl methyl sites for hydroxylation is 1. The van der Waals surface area contributed by atoms with Crippen LogP contribution in [0.2, 0.25) is 5.02 Å². The standard InChI is InChI=1S/C16H14BrClN2O3/c1-10-6-13(3-4-14(10)18)23-9-16(22)20-19-8-11-7-12(17)2-5-15(11)21/h2-8,21H,9H2,1H3,(H,20,22)/b19-8+. The molecular formula is C16H14BrClN2O3. The monoisotopic (exact) mass is 396 g/mol. The molecule has 5 nitrogen and oxygen atoms in total. The van der Waals surface area contributed by atoms with Gasteiger partial charge in [0.15, 0.2) is 6.61 Å². The van der Waals surface area contributed by atoms with E-state index in [0.29, 0.717) is 16.3 Å². The van der Waals surface area contributed by atoms with Crippen molar-refractivity contribution in [3.8, 4) is 11.5 Å².